The van der Waals surface area contributed by atoms with E-state index >= 15 is 0 Å². The van der Waals surface area contributed by atoms with Gasteiger partial charge in [-0.05, 0) is 18.2 Å². The van der Waals surface area contributed by atoms with Gasteiger partial charge in [-0.3, -0.25) is 14.5 Å². The number of ether oxygens (including phenoxy) is 1. The van der Waals surface area contributed by atoms with E-state index in [-0.39, 0.29) is 18.8 Å². The van der Waals surface area contributed by atoms with Gasteiger partial charge in [-0.15, -0.1) is 0 Å². The van der Waals surface area contributed by atoms with E-state index in [9.17, 15) is 22.8 Å². The van der Waals surface area contributed by atoms with E-state index in [2.05, 4.69) is 0 Å². The van der Waals surface area contributed by atoms with Crippen LogP contribution in [0.25, 0.3) is 0 Å². The molecule has 2 aliphatic rings. The molecule has 2 heterocycles. The second kappa shape index (κ2) is 8.65. The Balaban J connectivity index is 1.64. The van der Waals surface area contributed by atoms with Crippen LogP contribution in [-0.4, -0.2) is 76.0 Å². The summed E-state index contributed by atoms with van der Waals surface area (Å²) in [5, 5.41) is 3.69. The Morgan fingerprint density at radius 1 is 1.32 bits per heavy atom. The van der Waals surface area contributed by atoms with Gasteiger partial charge in [0.25, 0.3) is 5.91 Å². The summed E-state index contributed by atoms with van der Waals surface area (Å²) in [6.45, 7) is 1.94. The quantitative estimate of drug-likeness (QED) is 0.798. The van der Waals surface area contributed by atoms with Gasteiger partial charge in [-0.2, -0.15) is 13.8 Å². The van der Waals surface area contributed by atoms with Crippen LogP contribution in [0.15, 0.2) is 18.2 Å². The Hall–Kier alpha value is -2.53. The van der Waals surface area contributed by atoms with Crippen LogP contribution >= 0.6 is 0 Å². The number of nitrogens with one attached hydrogen (secondary N) is 1. The number of likely N-dealkylation sites (N-methyl/N-ethyl adjacent to an activating group) is 1. The summed E-state index contributed by atoms with van der Waals surface area (Å²) < 4.78 is 44.1. The van der Waals surface area contributed by atoms with E-state index in [4.69, 9.17) is 9.57 Å². The monoisotopic (exact) mass is 402 g/mol. The third kappa shape index (κ3) is 4.65. The number of carbonyl (C=O) groups excluding carboxylic acids is 2. The topological polar surface area (TPSA) is 74.4 Å². The van der Waals surface area contributed by atoms with E-state index in [1.54, 1.807) is 17.2 Å². The second-order valence-corrected chi connectivity index (χ2v) is 6.47. The van der Waals surface area contributed by atoms with Gasteiger partial charge in [0.2, 0.25) is 0 Å². The zero-order valence-corrected chi connectivity index (χ0v) is 15.2. The molecule has 2 saturated heterocycles. The molecular formula is C17H21F3N4O4. The Kier molecular flexibility index (Phi) is 6.25. The predicted octanol–water partition coefficient (Wildman–Crippen LogP) is 1.22. The lowest BCUT2D eigenvalue weighted by Gasteiger charge is -2.23. The zero-order valence-electron chi connectivity index (χ0n) is 15.2. The Morgan fingerprint density at radius 2 is 2.11 bits per heavy atom. The molecule has 0 spiro atoms. The molecule has 0 saturated carbocycles. The first-order valence-electron chi connectivity index (χ1n) is 8.77. The lowest BCUT2D eigenvalue weighted by molar-refractivity contribution is -0.132. The van der Waals surface area contributed by atoms with Gasteiger partial charge in [0.1, 0.15) is 11.9 Å². The van der Waals surface area contributed by atoms with Crippen molar-refractivity contribution < 1.29 is 32.3 Å². The van der Waals surface area contributed by atoms with Crippen LogP contribution in [-0.2, 0) is 14.4 Å². The van der Waals surface area contributed by atoms with E-state index in [0.717, 1.165) is 0 Å². The van der Waals surface area contributed by atoms with E-state index < -0.39 is 30.3 Å². The summed E-state index contributed by atoms with van der Waals surface area (Å²) in [6.07, 6.45) is -4.66. The van der Waals surface area contributed by atoms with Gasteiger partial charge in [0.15, 0.2) is 0 Å². The zero-order chi connectivity index (χ0) is 20.3. The van der Waals surface area contributed by atoms with Crippen molar-refractivity contribution in [1.82, 2.24) is 10.4 Å². The molecule has 0 aromatic heterocycles. The number of hydroxylamine groups is 2. The van der Waals surface area contributed by atoms with Gasteiger partial charge in [-0.1, -0.05) is 0 Å². The molecule has 0 radical (unpaired) electrons. The molecule has 1 atom stereocenters. The van der Waals surface area contributed by atoms with Crippen LogP contribution in [0.2, 0.25) is 0 Å². The maximum atomic E-state index is 14.7. The van der Waals surface area contributed by atoms with E-state index in [1.165, 1.54) is 11.0 Å². The molecule has 0 bridgehead atoms. The number of benzene rings is 1. The molecule has 3 rings (SSSR count). The molecule has 1 aromatic rings. The number of nitrogens with zero attached hydrogens (tertiary/aromatic N) is 3. The van der Waals surface area contributed by atoms with Crippen LogP contribution in [0.5, 0.6) is 0 Å². The fraction of sp³-hybridized carbons (Fsp3) is 0.529. The number of halogens is 3. The molecule has 0 unspecified atom stereocenters. The first kappa shape index (κ1) is 20.2. The van der Waals surface area contributed by atoms with Crippen LogP contribution in [0, 0.1) is 5.82 Å². The van der Waals surface area contributed by atoms with Crippen molar-refractivity contribution in [2.24, 2.45) is 0 Å². The minimum absolute atomic E-state index is 0.0173. The van der Waals surface area contributed by atoms with Crippen molar-refractivity contribution >= 4 is 23.4 Å². The number of anilines is 2. The molecule has 2 amide bonds. The summed E-state index contributed by atoms with van der Waals surface area (Å²) in [7, 11) is 1.81. The molecule has 154 valence electrons. The summed E-state index contributed by atoms with van der Waals surface area (Å²) in [4.78, 5) is 31.4. The second-order valence-electron chi connectivity index (χ2n) is 6.47. The fourth-order valence-electron chi connectivity index (χ4n) is 3.04. The maximum Gasteiger partial charge on any atom is 0.414 e. The van der Waals surface area contributed by atoms with Gasteiger partial charge in [-0.25, -0.2) is 9.18 Å². The third-order valence-electron chi connectivity index (χ3n) is 4.52. The molecule has 8 nitrogen and oxygen atoms in total. The van der Waals surface area contributed by atoms with Gasteiger partial charge < -0.3 is 15.0 Å². The van der Waals surface area contributed by atoms with E-state index in [1.807, 2.05) is 17.3 Å². The summed E-state index contributed by atoms with van der Waals surface area (Å²) in [5.74, 6) is -1.93. The number of hydrogen-bond donors (Lipinski definition) is 1. The number of cyclic esters (lactones) is 1. The summed E-state index contributed by atoms with van der Waals surface area (Å²) in [5.41, 5.74) is 0.688. The van der Waals surface area contributed by atoms with Gasteiger partial charge >= 0.3 is 12.5 Å². The molecule has 1 aromatic carbocycles. The number of hydrogen-bond acceptors (Lipinski definition) is 6. The third-order valence-corrected chi connectivity index (χ3v) is 4.52. The molecule has 0 aliphatic carbocycles. The minimum Gasteiger partial charge on any atom is -0.442 e. The number of carbonyl (C=O) groups is 2. The average molecular weight is 402 g/mol. The lowest BCUT2D eigenvalue weighted by Crippen LogP contribution is -2.37. The van der Waals surface area contributed by atoms with Gasteiger partial charge in [0, 0.05) is 26.7 Å². The average Bonchev–Trinajstić information content (AvgIpc) is 2.89. The molecule has 28 heavy (non-hydrogen) atoms. The fourth-order valence-corrected chi connectivity index (χ4v) is 3.04. The maximum absolute atomic E-state index is 14.7. The van der Waals surface area contributed by atoms with Crippen molar-refractivity contribution in [1.29, 1.82) is 0 Å². The first-order chi connectivity index (χ1) is 13.3. The highest BCUT2D eigenvalue weighted by Crippen LogP contribution is 2.28. The van der Waals surface area contributed by atoms with Crippen molar-refractivity contribution in [2.45, 2.75) is 12.5 Å². The molecule has 11 heteroatoms. The summed E-state index contributed by atoms with van der Waals surface area (Å²) in [6, 6.07) is 4.40. The Morgan fingerprint density at radius 3 is 2.82 bits per heavy atom. The van der Waals surface area contributed by atoms with Crippen LogP contribution in [0.3, 0.4) is 0 Å². The highest BCUT2D eigenvalue weighted by molar-refractivity contribution is 5.90. The van der Waals surface area contributed by atoms with Crippen LogP contribution in [0.1, 0.15) is 0 Å². The Labute approximate surface area is 159 Å². The number of rotatable bonds is 5. The highest BCUT2D eigenvalue weighted by atomic mass is 19.3. The predicted molar refractivity (Wildman–Crippen MR) is 93.8 cm³/mol. The van der Waals surface area contributed by atoms with Crippen molar-refractivity contribution in [3.63, 3.8) is 0 Å². The smallest absolute Gasteiger partial charge is 0.414 e. The summed E-state index contributed by atoms with van der Waals surface area (Å²) >= 11 is 0. The molecular weight excluding hydrogens is 381 g/mol. The molecule has 2 fully saturated rings. The van der Waals surface area contributed by atoms with Gasteiger partial charge in [0.05, 0.1) is 31.1 Å². The first-order valence-corrected chi connectivity index (χ1v) is 8.77. The lowest BCUT2D eigenvalue weighted by atomic mass is 10.2. The largest absolute Gasteiger partial charge is 0.442 e. The standard InChI is InChI=1S/C17H21F3N4O4/c1-22-4-5-23(6-7-27-22)14-3-2-11(8-13(14)18)24-10-12(28-17(24)26)9-21-16(25)15(19)20/h2-3,8,12,15H,4-7,9-10H2,1H3,(H,21,25)/t12-/m0/s1. The minimum atomic E-state index is -3.14. The van der Waals surface area contributed by atoms with Crippen LogP contribution < -0.4 is 15.1 Å². The van der Waals surface area contributed by atoms with Crippen LogP contribution in [0.4, 0.5) is 29.3 Å². The van der Waals surface area contributed by atoms with Crippen molar-refractivity contribution in [3.8, 4) is 0 Å². The number of amides is 2. The SMILES string of the molecule is CN1CCN(c2ccc(N3C[C@H](CNC(=O)C(F)F)OC3=O)cc2F)CCO1. The molecule has 1 N–H and O–H groups in total. The highest BCUT2D eigenvalue weighted by Gasteiger charge is 2.33. The van der Waals surface area contributed by atoms with Crippen molar-refractivity contribution in [2.75, 3.05) is 56.2 Å². The Bertz CT molecular complexity index is 736. The molecule has 2 aliphatic heterocycles. The van der Waals surface area contributed by atoms with Crippen molar-refractivity contribution in [3.05, 3.63) is 24.0 Å². The van der Waals surface area contributed by atoms with E-state index in [0.29, 0.717) is 31.9 Å². The normalized spacial score (nSPS) is 21.0. The number of alkyl halides is 2.